The van der Waals surface area contributed by atoms with Gasteiger partial charge in [-0.05, 0) is 81.4 Å². The second-order valence-corrected chi connectivity index (χ2v) is 19.2. The third-order valence-corrected chi connectivity index (χ3v) is 12.2. The average molecular weight is 1020 g/mol. The number of rotatable bonds is 28. The Bertz CT molecular complexity index is 2240. The molecule has 0 aliphatic carbocycles. The number of aliphatic imine (C=N–C) groups is 1. The molecule has 8 atom stereocenters. The molecule has 73 heavy (non-hydrogen) atoms. The van der Waals surface area contributed by atoms with Crippen molar-refractivity contribution in [3.63, 3.8) is 0 Å². The minimum Gasteiger partial charge on any atom is -0.508 e. The highest BCUT2D eigenvalue weighted by atomic mass is 16.3. The van der Waals surface area contributed by atoms with E-state index < -0.39 is 96.3 Å². The van der Waals surface area contributed by atoms with Crippen molar-refractivity contribution in [2.45, 2.75) is 147 Å². The number of phenols is 1. The number of benzene rings is 1. The van der Waals surface area contributed by atoms with Crippen molar-refractivity contribution < 1.29 is 53.4 Å². The number of nitrogens with one attached hydrogen (secondary N) is 9. The fourth-order valence-electron chi connectivity index (χ4n) is 8.50. The number of hydrogen-bond donors (Lipinski definition) is 13. The summed E-state index contributed by atoms with van der Waals surface area (Å²) in [5.41, 5.74) is 11.9. The number of aromatic nitrogens is 2. The van der Waals surface area contributed by atoms with E-state index in [0.717, 1.165) is 0 Å². The number of guanidine groups is 1. The molecule has 9 amide bonds. The lowest BCUT2D eigenvalue weighted by molar-refractivity contribution is -0.142. The van der Waals surface area contributed by atoms with Crippen molar-refractivity contribution in [1.82, 2.24) is 57.4 Å². The number of carbonyl (C=O) groups excluding carboxylic acids is 9. The molecule has 2 aliphatic heterocycles. The van der Waals surface area contributed by atoms with Crippen LogP contribution in [0.2, 0.25) is 0 Å². The topological polar surface area (TPSA) is 387 Å². The number of aromatic hydroxyl groups is 1. The molecule has 0 bridgehead atoms. The number of nitrogens with zero attached hydrogens (tertiary/aromatic N) is 3. The Labute approximate surface area is 424 Å². The number of aliphatic hydroxyl groups excluding tert-OH is 1. The molecule has 15 N–H and O–H groups in total. The lowest BCUT2D eigenvalue weighted by Gasteiger charge is -2.31. The molecule has 0 saturated carbocycles. The van der Waals surface area contributed by atoms with Crippen LogP contribution in [-0.4, -0.2) is 159 Å². The van der Waals surface area contributed by atoms with Gasteiger partial charge in [0.05, 0.1) is 12.9 Å². The smallest absolute Gasteiger partial charge is 0.245 e. The van der Waals surface area contributed by atoms with E-state index in [9.17, 15) is 53.4 Å². The minimum atomic E-state index is -1.66. The molecule has 2 aliphatic rings. The number of phenolic OH excluding ortho intramolecular Hbond substituents is 1. The van der Waals surface area contributed by atoms with Gasteiger partial charge in [-0.1, -0.05) is 39.8 Å². The number of nitrogens with two attached hydrogens (primary N) is 2. The molecule has 0 spiro atoms. The van der Waals surface area contributed by atoms with Gasteiger partial charge >= 0.3 is 0 Å². The van der Waals surface area contributed by atoms with Crippen molar-refractivity contribution >= 4 is 59.1 Å². The third-order valence-electron chi connectivity index (χ3n) is 12.2. The summed E-state index contributed by atoms with van der Waals surface area (Å²) in [6.45, 7) is 8.94. The highest BCUT2D eigenvalue weighted by Gasteiger charge is 2.39. The molecule has 402 valence electrons. The van der Waals surface area contributed by atoms with Gasteiger partial charge in [0.15, 0.2) is 5.96 Å². The number of amides is 9. The van der Waals surface area contributed by atoms with E-state index in [1.165, 1.54) is 41.7 Å². The van der Waals surface area contributed by atoms with Crippen molar-refractivity contribution in [3.8, 4) is 5.75 Å². The van der Waals surface area contributed by atoms with Crippen molar-refractivity contribution in [2.24, 2.45) is 28.3 Å². The van der Waals surface area contributed by atoms with Crippen molar-refractivity contribution in [2.75, 3.05) is 26.2 Å². The van der Waals surface area contributed by atoms with Crippen molar-refractivity contribution in [1.29, 1.82) is 0 Å². The first-order valence-electron chi connectivity index (χ1n) is 24.8. The molecule has 3 heterocycles. The lowest BCUT2D eigenvalue weighted by atomic mass is 9.98. The van der Waals surface area contributed by atoms with E-state index in [-0.39, 0.29) is 93.3 Å². The summed E-state index contributed by atoms with van der Waals surface area (Å²) in [6.07, 6.45) is 4.42. The predicted molar refractivity (Wildman–Crippen MR) is 266 cm³/mol. The molecule has 25 nitrogen and oxygen atoms in total. The molecule has 0 radical (unpaired) electrons. The van der Waals surface area contributed by atoms with E-state index >= 15 is 0 Å². The normalized spacial score (nSPS) is 17.8. The van der Waals surface area contributed by atoms with Crippen LogP contribution < -0.4 is 54.0 Å². The van der Waals surface area contributed by atoms with Crippen LogP contribution in [-0.2, 0) is 56.0 Å². The monoisotopic (exact) mass is 1020 g/mol. The summed E-state index contributed by atoms with van der Waals surface area (Å²) in [7, 11) is 0. The maximum atomic E-state index is 14.4. The Morgan fingerprint density at radius 2 is 1.33 bits per heavy atom. The zero-order valence-corrected chi connectivity index (χ0v) is 42.2. The van der Waals surface area contributed by atoms with Gasteiger partial charge < -0.3 is 74.1 Å². The minimum absolute atomic E-state index is 0.0683. The summed E-state index contributed by atoms with van der Waals surface area (Å²) in [5.74, 6) is -6.48. The molecule has 1 aromatic heterocycles. The Morgan fingerprint density at radius 3 is 1.86 bits per heavy atom. The Hall–Kier alpha value is -7.31. The number of aliphatic hydroxyl groups is 1. The van der Waals surface area contributed by atoms with E-state index in [1.54, 1.807) is 6.92 Å². The first-order valence-corrected chi connectivity index (χ1v) is 24.8. The summed E-state index contributed by atoms with van der Waals surface area (Å²) < 4.78 is 0. The first-order chi connectivity index (χ1) is 34.7. The van der Waals surface area contributed by atoms with Crippen LogP contribution in [0.1, 0.15) is 97.2 Å². The molecule has 4 rings (SSSR count). The van der Waals surface area contributed by atoms with E-state index in [1.807, 2.05) is 27.7 Å². The van der Waals surface area contributed by atoms with E-state index in [2.05, 4.69) is 57.5 Å². The fourth-order valence-corrected chi connectivity index (χ4v) is 8.50. The summed E-state index contributed by atoms with van der Waals surface area (Å²) in [4.78, 5) is 135. The van der Waals surface area contributed by atoms with Crippen LogP contribution in [0.15, 0.2) is 41.8 Å². The number of hydrogen-bond acceptors (Lipinski definition) is 13. The predicted octanol–water partition coefficient (Wildman–Crippen LogP) is -2.65. The highest BCUT2D eigenvalue weighted by molar-refractivity contribution is 5.98. The molecular formula is C48H74N14O11. The van der Waals surface area contributed by atoms with Crippen LogP contribution in [0.25, 0.3) is 0 Å². The Kier molecular flexibility index (Phi) is 22.9. The molecular weight excluding hydrogens is 949 g/mol. The van der Waals surface area contributed by atoms with Gasteiger partial charge in [0, 0.05) is 50.8 Å². The van der Waals surface area contributed by atoms with Gasteiger partial charge in [-0.15, -0.1) is 0 Å². The number of aromatic amines is 1. The standard InChI is InChI=1S/C48H74N14O11/c1-6-52-46(72)38-10-8-18-62(38)47(73)32(9-7-17-53-48(49)50)56-41(67)33(19-26(2)3)57-42(68)34(20-27(4)5)58-43(69)35(21-28-11-13-30(64)14-12-28)59-45(71)37(24-63)61-44(70)36(22-29-23-51-25-54-29)60-40(66)31-15-16-39(65)55-31/h11-14,23,25-27,31-38,63-64H,6-10,15-22,24H2,1-5H3,(H,51,54)(H,52,72)(H,55,65)(H,56,67)(H,57,68)(H,58,69)(H,59,71)(H,60,66)(H,61,70)(H4,49,50,53)/t31-,32-,33-,34+,35-,36-,37-,38-/m0/s1. The lowest BCUT2D eigenvalue weighted by Crippen LogP contribution is -2.61. The maximum Gasteiger partial charge on any atom is 0.245 e. The van der Waals surface area contributed by atoms with Gasteiger partial charge in [-0.3, -0.25) is 48.1 Å². The van der Waals surface area contributed by atoms with Crippen LogP contribution in [0.3, 0.4) is 0 Å². The zero-order valence-electron chi connectivity index (χ0n) is 42.2. The number of imidazole rings is 1. The number of carbonyl (C=O) groups is 9. The Balaban J connectivity index is 1.55. The van der Waals surface area contributed by atoms with Gasteiger partial charge in [-0.2, -0.15) is 0 Å². The number of likely N-dealkylation sites (tertiary alicyclic amines) is 1. The molecule has 2 aromatic rings. The molecule has 1 aromatic carbocycles. The van der Waals surface area contributed by atoms with Gasteiger partial charge in [0.2, 0.25) is 53.2 Å². The summed E-state index contributed by atoms with van der Waals surface area (Å²) >= 11 is 0. The average Bonchev–Trinajstić information content (AvgIpc) is 4.14. The van der Waals surface area contributed by atoms with E-state index in [4.69, 9.17) is 11.5 Å². The van der Waals surface area contributed by atoms with Crippen LogP contribution in [0.5, 0.6) is 5.75 Å². The van der Waals surface area contributed by atoms with Crippen LogP contribution in [0, 0.1) is 11.8 Å². The molecule has 2 fully saturated rings. The van der Waals surface area contributed by atoms with Crippen LogP contribution in [0.4, 0.5) is 0 Å². The van der Waals surface area contributed by atoms with Gasteiger partial charge in [-0.25, -0.2) is 4.98 Å². The van der Waals surface area contributed by atoms with Crippen LogP contribution >= 0.6 is 0 Å². The summed E-state index contributed by atoms with van der Waals surface area (Å²) in [6, 6.07) is -3.87. The third kappa shape index (κ3) is 18.7. The fraction of sp³-hybridized carbons (Fsp3) is 0.604. The zero-order chi connectivity index (χ0) is 53.8. The number of H-pyrrole nitrogens is 1. The SMILES string of the molecule is CCNC(=O)[C@@H]1CCCN1C(=O)[C@H](CCCN=C(N)N)NC(=O)[C@H](CC(C)C)NC(=O)[C@@H](CC(C)C)NC(=O)[C@H](Cc1ccc(O)cc1)NC(=O)[C@H](CO)NC(=O)[C@H](Cc1cnc[nH]1)NC(=O)[C@@H]1CCC(=O)N1. The van der Waals surface area contributed by atoms with E-state index in [0.29, 0.717) is 37.2 Å². The molecule has 25 heteroatoms. The van der Waals surface area contributed by atoms with Gasteiger partial charge in [0.25, 0.3) is 0 Å². The first kappa shape index (κ1) is 58.3. The molecule has 2 saturated heterocycles. The molecule has 0 unspecified atom stereocenters. The second-order valence-electron chi connectivity index (χ2n) is 19.2. The second kappa shape index (κ2) is 28.7. The quantitative estimate of drug-likeness (QED) is 0.0236. The number of likely N-dealkylation sites (N-methyl/N-ethyl adjacent to an activating group) is 1. The van der Waals surface area contributed by atoms with Gasteiger partial charge in [0.1, 0.15) is 54.1 Å². The summed E-state index contributed by atoms with van der Waals surface area (Å²) in [5, 5.41) is 41.6. The maximum absolute atomic E-state index is 14.4. The highest BCUT2D eigenvalue weighted by Crippen LogP contribution is 2.21. The Morgan fingerprint density at radius 1 is 0.767 bits per heavy atom. The van der Waals surface area contributed by atoms with Crippen molar-refractivity contribution in [3.05, 3.63) is 48.0 Å². The largest absolute Gasteiger partial charge is 0.508 e.